The van der Waals surface area contributed by atoms with Gasteiger partial charge in [0.25, 0.3) is 0 Å². The van der Waals surface area contributed by atoms with Crippen molar-refractivity contribution in [2.45, 2.75) is 26.2 Å². The van der Waals surface area contributed by atoms with Gasteiger partial charge in [0.15, 0.2) is 0 Å². The normalized spacial score (nSPS) is 8.55. The van der Waals surface area contributed by atoms with Gasteiger partial charge in [-0.15, -0.1) is 0 Å². The van der Waals surface area contributed by atoms with Crippen molar-refractivity contribution in [3.63, 3.8) is 0 Å². The molecule has 0 saturated heterocycles. The molecule has 0 bridgehead atoms. The Morgan fingerprint density at radius 2 is 2.09 bits per heavy atom. The van der Waals surface area contributed by atoms with Crippen LogP contribution < -0.4 is 0 Å². The number of ether oxygens (including phenoxy) is 1. The number of carbonyl (C=O) groups excluding carboxylic acids is 1. The SMILES string of the molecule is CCOC(=O)CCCCI.[Zn]. The zero-order valence-electron chi connectivity index (χ0n) is 6.94. The maximum Gasteiger partial charge on any atom is 0.305 e. The first kappa shape index (κ1) is 14.4. The van der Waals surface area contributed by atoms with Gasteiger partial charge < -0.3 is 4.74 Å². The molecule has 0 N–H and O–H groups in total. The Balaban J connectivity index is 0. The van der Waals surface area contributed by atoms with Crippen LogP contribution in [0.3, 0.4) is 0 Å². The minimum Gasteiger partial charge on any atom is -0.466 e. The van der Waals surface area contributed by atoms with Crippen LogP contribution in [-0.2, 0) is 29.0 Å². The molecule has 0 aliphatic rings. The molecule has 0 aromatic heterocycles. The van der Waals surface area contributed by atoms with E-state index in [0.717, 1.165) is 17.3 Å². The molecule has 0 atom stereocenters. The minimum atomic E-state index is -0.0626. The van der Waals surface area contributed by atoms with E-state index in [9.17, 15) is 4.79 Å². The fourth-order valence-corrected chi connectivity index (χ4v) is 1.14. The average molecular weight is 321 g/mol. The van der Waals surface area contributed by atoms with E-state index in [1.165, 1.54) is 0 Å². The number of alkyl halides is 1. The summed E-state index contributed by atoms with van der Waals surface area (Å²) in [6, 6.07) is 0. The summed E-state index contributed by atoms with van der Waals surface area (Å²) in [5, 5.41) is 0. The molecule has 0 rings (SSSR count). The van der Waals surface area contributed by atoms with Crippen molar-refractivity contribution in [1.29, 1.82) is 0 Å². The zero-order valence-corrected chi connectivity index (χ0v) is 12.1. The quantitative estimate of drug-likeness (QED) is 0.255. The van der Waals surface area contributed by atoms with E-state index >= 15 is 0 Å². The van der Waals surface area contributed by atoms with E-state index in [2.05, 4.69) is 22.6 Å². The van der Waals surface area contributed by atoms with Crippen molar-refractivity contribution in [2.24, 2.45) is 0 Å². The van der Waals surface area contributed by atoms with Crippen LogP contribution in [-0.4, -0.2) is 17.0 Å². The van der Waals surface area contributed by atoms with E-state index in [-0.39, 0.29) is 25.4 Å². The molecule has 0 fully saturated rings. The van der Waals surface area contributed by atoms with E-state index in [1.54, 1.807) is 0 Å². The summed E-state index contributed by atoms with van der Waals surface area (Å²) in [4.78, 5) is 10.7. The third-order valence-electron chi connectivity index (χ3n) is 1.07. The standard InChI is InChI=1S/C7H13IO2.Zn/c1-2-10-7(9)5-3-4-6-8;/h2-6H2,1H3;. The number of unbranched alkanes of at least 4 members (excludes halogenated alkanes) is 1. The molecule has 0 spiro atoms. The topological polar surface area (TPSA) is 26.3 Å². The number of esters is 1. The predicted molar refractivity (Wildman–Crippen MR) is 49.4 cm³/mol. The minimum absolute atomic E-state index is 0. The average Bonchev–Trinajstić information content (AvgIpc) is 1.89. The van der Waals surface area contributed by atoms with E-state index in [4.69, 9.17) is 4.74 Å². The van der Waals surface area contributed by atoms with Gasteiger partial charge in [0.1, 0.15) is 0 Å². The largest absolute Gasteiger partial charge is 0.466 e. The van der Waals surface area contributed by atoms with Gasteiger partial charge in [0, 0.05) is 25.9 Å². The molecule has 0 saturated carbocycles. The smallest absolute Gasteiger partial charge is 0.305 e. The van der Waals surface area contributed by atoms with Crippen molar-refractivity contribution < 1.29 is 29.0 Å². The van der Waals surface area contributed by atoms with Gasteiger partial charge in [-0.2, -0.15) is 0 Å². The summed E-state index contributed by atoms with van der Waals surface area (Å²) >= 11 is 2.30. The second-order valence-corrected chi connectivity index (χ2v) is 3.03. The summed E-state index contributed by atoms with van der Waals surface area (Å²) in [5.74, 6) is -0.0626. The Morgan fingerprint density at radius 3 is 2.55 bits per heavy atom. The molecule has 4 heteroatoms. The number of hydrogen-bond donors (Lipinski definition) is 0. The molecule has 0 aliphatic heterocycles. The summed E-state index contributed by atoms with van der Waals surface area (Å²) < 4.78 is 5.87. The van der Waals surface area contributed by atoms with E-state index in [0.29, 0.717) is 13.0 Å². The predicted octanol–water partition coefficient (Wildman–Crippen LogP) is 2.15. The molecule has 62 valence electrons. The molecule has 2 nitrogen and oxygen atoms in total. The number of rotatable bonds is 5. The van der Waals surface area contributed by atoms with Crippen LogP contribution in [0.15, 0.2) is 0 Å². The first-order chi connectivity index (χ1) is 4.81. The van der Waals surface area contributed by atoms with Gasteiger partial charge in [-0.25, -0.2) is 0 Å². The molecule has 0 radical (unpaired) electrons. The van der Waals surface area contributed by atoms with Crippen molar-refractivity contribution in [1.82, 2.24) is 0 Å². The maximum absolute atomic E-state index is 10.7. The molecule has 0 aliphatic carbocycles. The first-order valence-corrected chi connectivity index (χ1v) is 5.05. The second kappa shape index (κ2) is 10.8. The van der Waals surface area contributed by atoms with Crippen LogP contribution in [0.4, 0.5) is 0 Å². The molecular weight excluding hydrogens is 308 g/mol. The molecule has 0 unspecified atom stereocenters. The van der Waals surface area contributed by atoms with Gasteiger partial charge in [-0.05, 0) is 24.2 Å². The molecule has 0 aromatic carbocycles. The van der Waals surface area contributed by atoms with Crippen LogP contribution in [0.25, 0.3) is 0 Å². The molecule has 0 heterocycles. The van der Waals surface area contributed by atoms with Crippen molar-refractivity contribution >= 4 is 28.6 Å². The Bertz CT molecular complexity index is 98.4. The van der Waals surface area contributed by atoms with Crippen LogP contribution in [0.1, 0.15) is 26.2 Å². The molecule has 11 heavy (non-hydrogen) atoms. The first-order valence-electron chi connectivity index (χ1n) is 3.52. The van der Waals surface area contributed by atoms with Crippen LogP contribution in [0, 0.1) is 0 Å². The number of carbonyl (C=O) groups is 1. The van der Waals surface area contributed by atoms with Crippen molar-refractivity contribution in [2.75, 3.05) is 11.0 Å². The monoisotopic (exact) mass is 320 g/mol. The summed E-state index contributed by atoms with van der Waals surface area (Å²) in [6.07, 6.45) is 2.65. The third-order valence-corrected chi connectivity index (χ3v) is 1.83. The van der Waals surface area contributed by atoms with E-state index in [1.807, 2.05) is 6.92 Å². The Kier molecular flexibility index (Phi) is 14.1. The fourth-order valence-electron chi connectivity index (χ4n) is 0.597. The van der Waals surface area contributed by atoms with Crippen LogP contribution >= 0.6 is 22.6 Å². The van der Waals surface area contributed by atoms with Gasteiger partial charge in [-0.3, -0.25) is 4.79 Å². The van der Waals surface area contributed by atoms with Crippen LogP contribution in [0.2, 0.25) is 0 Å². The Labute approximate surface area is 94.3 Å². The maximum atomic E-state index is 10.7. The fraction of sp³-hybridized carbons (Fsp3) is 0.857. The molecular formula is C7H13IO2Zn. The van der Waals surface area contributed by atoms with Crippen molar-refractivity contribution in [3.8, 4) is 0 Å². The molecule has 0 aromatic rings. The Morgan fingerprint density at radius 1 is 1.45 bits per heavy atom. The third kappa shape index (κ3) is 10.8. The van der Waals surface area contributed by atoms with Gasteiger partial charge in [0.2, 0.25) is 0 Å². The number of halogens is 1. The summed E-state index contributed by atoms with van der Waals surface area (Å²) in [6.45, 7) is 2.33. The zero-order chi connectivity index (χ0) is 7.82. The summed E-state index contributed by atoms with van der Waals surface area (Å²) in [7, 11) is 0. The Hall–Kier alpha value is 0.823. The van der Waals surface area contributed by atoms with Crippen molar-refractivity contribution in [3.05, 3.63) is 0 Å². The number of hydrogen-bond acceptors (Lipinski definition) is 2. The second-order valence-electron chi connectivity index (χ2n) is 1.95. The van der Waals surface area contributed by atoms with Crippen LogP contribution in [0.5, 0.6) is 0 Å². The molecule has 0 amide bonds. The van der Waals surface area contributed by atoms with Gasteiger partial charge in [-0.1, -0.05) is 22.6 Å². The van der Waals surface area contributed by atoms with Gasteiger partial charge in [0.05, 0.1) is 6.61 Å². The summed E-state index contributed by atoms with van der Waals surface area (Å²) in [5.41, 5.74) is 0. The van der Waals surface area contributed by atoms with E-state index < -0.39 is 0 Å². The van der Waals surface area contributed by atoms with Gasteiger partial charge >= 0.3 is 5.97 Å².